The molecule has 3 nitrogen and oxygen atoms in total. The summed E-state index contributed by atoms with van der Waals surface area (Å²) < 4.78 is 14.1. The summed E-state index contributed by atoms with van der Waals surface area (Å²) in [5.74, 6) is -0.262. The SMILES string of the molecule is CC(C)(C)N1CCN(c2cc(F)c(Br)cc2N)CC1. The second-order valence-electron chi connectivity index (χ2n) is 5.97. The molecule has 0 atom stereocenters. The third-order valence-corrected chi connectivity index (χ3v) is 4.25. The van der Waals surface area contributed by atoms with Crippen molar-refractivity contribution < 1.29 is 4.39 Å². The Labute approximate surface area is 122 Å². The second-order valence-corrected chi connectivity index (χ2v) is 6.82. The van der Waals surface area contributed by atoms with Crippen molar-refractivity contribution in [2.75, 3.05) is 36.8 Å². The molecule has 0 amide bonds. The maximum absolute atomic E-state index is 13.6. The predicted molar refractivity (Wildman–Crippen MR) is 82.1 cm³/mol. The Balaban J connectivity index is 2.12. The number of piperazine rings is 1. The van der Waals surface area contributed by atoms with Gasteiger partial charge in [-0.15, -0.1) is 0 Å². The normalized spacial score (nSPS) is 17.8. The number of hydrogen-bond acceptors (Lipinski definition) is 3. The number of nitrogen functional groups attached to an aromatic ring is 1. The molecule has 2 rings (SSSR count). The summed E-state index contributed by atoms with van der Waals surface area (Å²) in [6.45, 7) is 10.4. The molecule has 1 aromatic carbocycles. The molecule has 0 aromatic heterocycles. The fourth-order valence-electron chi connectivity index (χ4n) is 2.44. The quantitative estimate of drug-likeness (QED) is 0.803. The van der Waals surface area contributed by atoms with Gasteiger partial charge in [-0.05, 0) is 42.8 Å². The first kappa shape index (κ1) is 14.6. The summed E-state index contributed by atoms with van der Waals surface area (Å²) in [5, 5.41) is 0. The molecule has 1 saturated heterocycles. The molecule has 1 aromatic rings. The minimum Gasteiger partial charge on any atom is -0.397 e. The first-order valence-corrected chi connectivity index (χ1v) is 7.33. The van der Waals surface area contributed by atoms with Crippen LogP contribution >= 0.6 is 15.9 Å². The predicted octanol–water partition coefficient (Wildman–Crippen LogP) is 3.09. The van der Waals surface area contributed by atoms with Gasteiger partial charge < -0.3 is 10.6 Å². The van der Waals surface area contributed by atoms with Gasteiger partial charge in [0, 0.05) is 37.8 Å². The fourth-order valence-corrected chi connectivity index (χ4v) is 2.80. The average molecular weight is 330 g/mol. The van der Waals surface area contributed by atoms with E-state index in [2.05, 4.69) is 46.5 Å². The van der Waals surface area contributed by atoms with E-state index in [1.807, 2.05) is 0 Å². The summed E-state index contributed by atoms with van der Waals surface area (Å²) in [7, 11) is 0. The minimum atomic E-state index is -0.262. The standard InChI is InChI=1S/C14H21BrFN3/c1-14(2,3)19-6-4-18(5-7-19)13-9-11(16)10(15)8-12(13)17/h8-9H,4-7,17H2,1-3H3. The Bertz CT molecular complexity index is 462. The lowest BCUT2D eigenvalue weighted by molar-refractivity contribution is 0.128. The Morgan fingerprint density at radius 2 is 1.74 bits per heavy atom. The average Bonchev–Trinajstić information content (AvgIpc) is 2.33. The number of nitrogens with two attached hydrogens (primary N) is 1. The van der Waals surface area contributed by atoms with E-state index in [1.165, 1.54) is 6.07 Å². The van der Waals surface area contributed by atoms with Crippen molar-refractivity contribution in [2.24, 2.45) is 0 Å². The highest BCUT2D eigenvalue weighted by molar-refractivity contribution is 9.10. The lowest BCUT2D eigenvalue weighted by Crippen LogP contribution is -2.53. The van der Waals surface area contributed by atoms with Gasteiger partial charge in [0.25, 0.3) is 0 Å². The lowest BCUT2D eigenvalue weighted by Gasteiger charge is -2.43. The van der Waals surface area contributed by atoms with Gasteiger partial charge in [0.1, 0.15) is 5.82 Å². The molecule has 0 spiro atoms. The Kier molecular flexibility index (Phi) is 4.06. The van der Waals surface area contributed by atoms with E-state index in [9.17, 15) is 4.39 Å². The van der Waals surface area contributed by atoms with Crippen LogP contribution < -0.4 is 10.6 Å². The van der Waals surface area contributed by atoms with Gasteiger partial charge in [0.15, 0.2) is 0 Å². The van der Waals surface area contributed by atoms with Crippen molar-refractivity contribution in [1.82, 2.24) is 4.90 Å². The zero-order valence-electron chi connectivity index (χ0n) is 11.7. The molecular weight excluding hydrogens is 309 g/mol. The first-order valence-electron chi connectivity index (χ1n) is 6.53. The highest BCUT2D eigenvalue weighted by Gasteiger charge is 2.26. The van der Waals surface area contributed by atoms with Crippen LogP contribution in [0.25, 0.3) is 0 Å². The lowest BCUT2D eigenvalue weighted by atomic mass is 10.0. The van der Waals surface area contributed by atoms with Gasteiger partial charge >= 0.3 is 0 Å². The third-order valence-electron chi connectivity index (χ3n) is 3.64. The second kappa shape index (κ2) is 5.29. The van der Waals surface area contributed by atoms with Crippen molar-refractivity contribution in [1.29, 1.82) is 0 Å². The molecule has 0 aliphatic carbocycles. The van der Waals surface area contributed by atoms with Gasteiger partial charge in [-0.3, -0.25) is 4.90 Å². The number of rotatable bonds is 1. The number of hydrogen-bond donors (Lipinski definition) is 1. The largest absolute Gasteiger partial charge is 0.397 e. The Morgan fingerprint density at radius 3 is 2.26 bits per heavy atom. The Morgan fingerprint density at radius 1 is 1.16 bits per heavy atom. The molecule has 0 bridgehead atoms. The monoisotopic (exact) mass is 329 g/mol. The van der Waals surface area contributed by atoms with Crippen molar-refractivity contribution in [3.8, 4) is 0 Å². The van der Waals surface area contributed by atoms with E-state index in [1.54, 1.807) is 6.07 Å². The summed E-state index contributed by atoms with van der Waals surface area (Å²) >= 11 is 3.16. The van der Waals surface area contributed by atoms with Crippen molar-refractivity contribution in [3.05, 3.63) is 22.4 Å². The van der Waals surface area contributed by atoms with Gasteiger partial charge in [-0.25, -0.2) is 4.39 Å². The molecule has 5 heteroatoms. The molecule has 2 N–H and O–H groups in total. The van der Waals surface area contributed by atoms with Crippen LogP contribution in [0.5, 0.6) is 0 Å². The maximum atomic E-state index is 13.6. The van der Waals surface area contributed by atoms with E-state index < -0.39 is 0 Å². The molecule has 1 aliphatic heterocycles. The Hall–Kier alpha value is -0.810. The minimum absolute atomic E-state index is 0.183. The topological polar surface area (TPSA) is 32.5 Å². The van der Waals surface area contributed by atoms with Gasteiger partial charge in [0.2, 0.25) is 0 Å². The van der Waals surface area contributed by atoms with E-state index in [0.717, 1.165) is 31.9 Å². The zero-order chi connectivity index (χ0) is 14.2. The van der Waals surface area contributed by atoms with E-state index >= 15 is 0 Å². The highest BCUT2D eigenvalue weighted by atomic mass is 79.9. The van der Waals surface area contributed by atoms with Crippen LogP contribution in [0.1, 0.15) is 20.8 Å². The summed E-state index contributed by atoms with van der Waals surface area (Å²) in [4.78, 5) is 4.60. The van der Waals surface area contributed by atoms with Crippen molar-refractivity contribution in [3.63, 3.8) is 0 Å². The first-order chi connectivity index (χ1) is 8.79. The fraction of sp³-hybridized carbons (Fsp3) is 0.571. The van der Waals surface area contributed by atoms with Gasteiger partial charge in [0.05, 0.1) is 15.8 Å². The number of nitrogens with zero attached hydrogens (tertiary/aromatic N) is 2. The van der Waals surface area contributed by atoms with Crippen molar-refractivity contribution >= 4 is 27.3 Å². The molecule has 0 saturated carbocycles. The van der Waals surface area contributed by atoms with Crippen LogP contribution in [0.15, 0.2) is 16.6 Å². The number of anilines is 2. The van der Waals surface area contributed by atoms with Crippen LogP contribution in [0, 0.1) is 5.82 Å². The highest BCUT2D eigenvalue weighted by Crippen LogP contribution is 2.30. The smallest absolute Gasteiger partial charge is 0.139 e. The van der Waals surface area contributed by atoms with Crippen molar-refractivity contribution in [2.45, 2.75) is 26.3 Å². The van der Waals surface area contributed by atoms with Gasteiger partial charge in [-0.1, -0.05) is 0 Å². The van der Waals surface area contributed by atoms with E-state index in [4.69, 9.17) is 5.73 Å². The van der Waals surface area contributed by atoms with Gasteiger partial charge in [-0.2, -0.15) is 0 Å². The van der Waals surface area contributed by atoms with Crippen LogP contribution in [-0.4, -0.2) is 36.6 Å². The van der Waals surface area contributed by atoms with E-state index in [0.29, 0.717) is 10.2 Å². The number of benzene rings is 1. The summed E-state index contributed by atoms with van der Waals surface area (Å²) in [6.07, 6.45) is 0. The molecule has 19 heavy (non-hydrogen) atoms. The van der Waals surface area contributed by atoms with E-state index in [-0.39, 0.29) is 11.4 Å². The molecule has 1 heterocycles. The molecule has 1 aliphatic rings. The summed E-state index contributed by atoms with van der Waals surface area (Å²) in [5.41, 5.74) is 7.60. The number of halogens is 2. The molecule has 1 fully saturated rings. The van der Waals surface area contributed by atoms with Crippen LogP contribution in [0.2, 0.25) is 0 Å². The maximum Gasteiger partial charge on any atom is 0.139 e. The molecule has 0 unspecified atom stereocenters. The molecule has 106 valence electrons. The molecular formula is C14H21BrFN3. The van der Waals surface area contributed by atoms with Crippen LogP contribution in [0.3, 0.4) is 0 Å². The molecule has 0 radical (unpaired) electrons. The summed E-state index contributed by atoms with van der Waals surface area (Å²) in [6, 6.07) is 3.16. The zero-order valence-corrected chi connectivity index (χ0v) is 13.3. The van der Waals surface area contributed by atoms with Crippen LogP contribution in [-0.2, 0) is 0 Å². The van der Waals surface area contributed by atoms with Crippen LogP contribution in [0.4, 0.5) is 15.8 Å². The third kappa shape index (κ3) is 3.20.